The lowest BCUT2D eigenvalue weighted by Crippen LogP contribution is -2.38. The first kappa shape index (κ1) is 18.3. The number of guanidine groups is 1. The van der Waals surface area contributed by atoms with E-state index in [1.54, 1.807) is 14.2 Å². The molecule has 0 aliphatic rings. The highest BCUT2D eigenvalue weighted by Gasteiger charge is 2.08. The van der Waals surface area contributed by atoms with Gasteiger partial charge in [0.1, 0.15) is 5.75 Å². The zero-order valence-electron chi connectivity index (χ0n) is 14.4. The molecule has 1 aromatic rings. The lowest BCUT2D eigenvalue weighted by molar-refractivity contribution is 0.203. The molecule has 1 rings (SSSR count). The van der Waals surface area contributed by atoms with E-state index in [1.165, 1.54) is 5.56 Å². The molecule has 0 radical (unpaired) electrons. The summed E-state index contributed by atoms with van der Waals surface area (Å²) in [5.41, 5.74) is 2.32. The summed E-state index contributed by atoms with van der Waals surface area (Å²) in [5.74, 6) is 1.70. The number of nitrogens with zero attached hydrogens (tertiary/aromatic N) is 1. The van der Waals surface area contributed by atoms with Gasteiger partial charge in [0, 0.05) is 32.8 Å². The predicted octanol–water partition coefficient (Wildman–Crippen LogP) is 2.48. The molecule has 0 saturated heterocycles. The molecule has 5 heteroatoms. The van der Waals surface area contributed by atoms with Crippen molar-refractivity contribution in [3.8, 4) is 5.75 Å². The Morgan fingerprint density at radius 2 is 2.09 bits per heavy atom. The third kappa shape index (κ3) is 6.35. The van der Waals surface area contributed by atoms with Gasteiger partial charge in [0.25, 0.3) is 0 Å². The summed E-state index contributed by atoms with van der Waals surface area (Å²) >= 11 is 0. The third-order valence-corrected chi connectivity index (χ3v) is 3.39. The van der Waals surface area contributed by atoms with Crippen LogP contribution in [0.1, 0.15) is 31.4 Å². The normalized spacial score (nSPS) is 12.9. The van der Waals surface area contributed by atoms with Crippen LogP contribution in [0.2, 0.25) is 0 Å². The fourth-order valence-electron chi connectivity index (χ4n) is 1.89. The highest BCUT2D eigenvalue weighted by atomic mass is 16.5. The van der Waals surface area contributed by atoms with Gasteiger partial charge in [-0.15, -0.1) is 0 Å². The third-order valence-electron chi connectivity index (χ3n) is 3.39. The van der Waals surface area contributed by atoms with E-state index in [0.717, 1.165) is 30.2 Å². The molecular formula is C17H29N3O2. The van der Waals surface area contributed by atoms with Gasteiger partial charge in [-0.2, -0.15) is 0 Å². The standard InChI is InChI=1S/C17H29N3O2/c1-6-14(3)22-16-11-13(2)7-8-15(16)12-20-17(18-4)19-9-10-21-5/h7-8,11,14H,6,9-10,12H2,1-5H3,(H2,18,19,20). The molecule has 0 bridgehead atoms. The van der Waals surface area contributed by atoms with E-state index < -0.39 is 0 Å². The van der Waals surface area contributed by atoms with Gasteiger partial charge in [0.05, 0.1) is 12.7 Å². The van der Waals surface area contributed by atoms with Crippen LogP contribution in [0.4, 0.5) is 0 Å². The van der Waals surface area contributed by atoms with Crippen molar-refractivity contribution >= 4 is 5.96 Å². The summed E-state index contributed by atoms with van der Waals surface area (Å²) in [6, 6.07) is 6.29. The summed E-state index contributed by atoms with van der Waals surface area (Å²) in [4.78, 5) is 4.20. The van der Waals surface area contributed by atoms with Crippen LogP contribution < -0.4 is 15.4 Å². The van der Waals surface area contributed by atoms with E-state index in [0.29, 0.717) is 13.2 Å². The van der Waals surface area contributed by atoms with E-state index in [-0.39, 0.29) is 6.10 Å². The number of nitrogens with one attached hydrogen (secondary N) is 2. The second-order valence-corrected chi connectivity index (χ2v) is 5.29. The van der Waals surface area contributed by atoms with Gasteiger partial charge in [-0.05, 0) is 31.9 Å². The topological polar surface area (TPSA) is 54.9 Å². The summed E-state index contributed by atoms with van der Waals surface area (Å²) < 4.78 is 11.0. The highest BCUT2D eigenvalue weighted by molar-refractivity contribution is 5.79. The molecule has 0 fully saturated rings. The number of hydrogen-bond acceptors (Lipinski definition) is 3. The Bertz CT molecular complexity index is 475. The van der Waals surface area contributed by atoms with Gasteiger partial charge >= 0.3 is 0 Å². The zero-order valence-corrected chi connectivity index (χ0v) is 14.4. The van der Waals surface area contributed by atoms with Crippen LogP contribution in [-0.4, -0.2) is 39.4 Å². The number of ether oxygens (including phenoxy) is 2. The van der Waals surface area contributed by atoms with E-state index in [9.17, 15) is 0 Å². The van der Waals surface area contributed by atoms with Crippen molar-refractivity contribution in [3.63, 3.8) is 0 Å². The minimum atomic E-state index is 0.208. The first-order valence-electron chi connectivity index (χ1n) is 7.80. The van der Waals surface area contributed by atoms with Gasteiger partial charge < -0.3 is 20.1 Å². The molecular weight excluding hydrogens is 278 g/mol. The molecule has 0 amide bonds. The smallest absolute Gasteiger partial charge is 0.191 e. The van der Waals surface area contributed by atoms with Gasteiger partial charge in [-0.1, -0.05) is 19.1 Å². The molecule has 0 aliphatic carbocycles. The Labute approximate surface area is 134 Å². The molecule has 0 aliphatic heterocycles. The fourth-order valence-corrected chi connectivity index (χ4v) is 1.89. The largest absolute Gasteiger partial charge is 0.490 e. The average molecular weight is 307 g/mol. The van der Waals surface area contributed by atoms with Crippen LogP contribution in [-0.2, 0) is 11.3 Å². The molecule has 1 aromatic carbocycles. The van der Waals surface area contributed by atoms with Crippen molar-refractivity contribution in [2.45, 2.75) is 39.8 Å². The Morgan fingerprint density at radius 3 is 2.73 bits per heavy atom. The van der Waals surface area contributed by atoms with Gasteiger partial charge in [0.15, 0.2) is 5.96 Å². The van der Waals surface area contributed by atoms with Crippen molar-refractivity contribution in [1.29, 1.82) is 0 Å². The van der Waals surface area contributed by atoms with E-state index in [1.807, 2.05) is 0 Å². The zero-order chi connectivity index (χ0) is 16.4. The van der Waals surface area contributed by atoms with E-state index in [2.05, 4.69) is 54.6 Å². The Kier molecular flexibility index (Phi) is 8.36. The maximum absolute atomic E-state index is 6.02. The molecule has 22 heavy (non-hydrogen) atoms. The Morgan fingerprint density at radius 1 is 1.32 bits per heavy atom. The number of rotatable bonds is 8. The first-order chi connectivity index (χ1) is 10.6. The minimum absolute atomic E-state index is 0.208. The van der Waals surface area contributed by atoms with E-state index >= 15 is 0 Å². The average Bonchev–Trinajstić information content (AvgIpc) is 2.52. The molecule has 124 valence electrons. The fraction of sp³-hybridized carbons (Fsp3) is 0.588. The number of methoxy groups -OCH3 is 1. The summed E-state index contributed by atoms with van der Waals surface area (Å²) in [5, 5.41) is 6.50. The predicted molar refractivity (Wildman–Crippen MR) is 91.6 cm³/mol. The SMILES string of the molecule is CCC(C)Oc1cc(C)ccc1CNC(=NC)NCCOC. The number of aryl methyl sites for hydroxylation is 1. The molecule has 1 atom stereocenters. The molecule has 0 heterocycles. The Balaban J connectivity index is 2.67. The van der Waals surface area contributed by atoms with Crippen LogP contribution in [0.5, 0.6) is 5.75 Å². The Hall–Kier alpha value is -1.75. The van der Waals surface area contributed by atoms with Crippen LogP contribution in [0, 0.1) is 6.92 Å². The van der Waals surface area contributed by atoms with Crippen molar-refractivity contribution < 1.29 is 9.47 Å². The maximum atomic E-state index is 6.02. The van der Waals surface area contributed by atoms with E-state index in [4.69, 9.17) is 9.47 Å². The quantitative estimate of drug-likeness (QED) is 0.440. The molecule has 0 aromatic heterocycles. The summed E-state index contributed by atoms with van der Waals surface area (Å²) in [6.07, 6.45) is 1.20. The second-order valence-electron chi connectivity index (χ2n) is 5.29. The van der Waals surface area contributed by atoms with Gasteiger partial charge in [-0.25, -0.2) is 0 Å². The van der Waals surface area contributed by atoms with Crippen LogP contribution in [0.25, 0.3) is 0 Å². The lowest BCUT2D eigenvalue weighted by atomic mass is 10.1. The molecule has 5 nitrogen and oxygen atoms in total. The number of benzene rings is 1. The number of aliphatic imine (C=N–C) groups is 1. The van der Waals surface area contributed by atoms with Gasteiger partial charge in [-0.3, -0.25) is 4.99 Å². The summed E-state index contributed by atoms with van der Waals surface area (Å²) in [7, 11) is 3.44. The molecule has 1 unspecified atom stereocenters. The van der Waals surface area contributed by atoms with Crippen LogP contribution in [0.15, 0.2) is 23.2 Å². The monoisotopic (exact) mass is 307 g/mol. The second kappa shape index (κ2) is 10.1. The van der Waals surface area contributed by atoms with Crippen molar-refractivity contribution in [2.24, 2.45) is 4.99 Å². The van der Waals surface area contributed by atoms with Gasteiger partial charge in [0.2, 0.25) is 0 Å². The number of hydrogen-bond donors (Lipinski definition) is 2. The summed E-state index contributed by atoms with van der Waals surface area (Å²) in [6.45, 7) is 8.32. The minimum Gasteiger partial charge on any atom is -0.490 e. The van der Waals surface area contributed by atoms with Crippen molar-refractivity contribution in [3.05, 3.63) is 29.3 Å². The molecule has 0 spiro atoms. The first-order valence-corrected chi connectivity index (χ1v) is 7.80. The molecule has 0 saturated carbocycles. The molecule has 2 N–H and O–H groups in total. The van der Waals surface area contributed by atoms with Crippen LogP contribution in [0.3, 0.4) is 0 Å². The van der Waals surface area contributed by atoms with Crippen molar-refractivity contribution in [2.75, 3.05) is 27.3 Å². The maximum Gasteiger partial charge on any atom is 0.191 e. The van der Waals surface area contributed by atoms with Crippen LogP contribution >= 0.6 is 0 Å². The lowest BCUT2D eigenvalue weighted by Gasteiger charge is -2.18. The van der Waals surface area contributed by atoms with Crippen molar-refractivity contribution in [1.82, 2.24) is 10.6 Å². The highest BCUT2D eigenvalue weighted by Crippen LogP contribution is 2.22.